The SMILES string of the molecule is CCOC(=O)ON1CCN(C(=O)[C@H](CCC(=O)O)NC(=O)c2cc(NCCCCO)nc(-c3ccccc3)n2)CC1. The maximum atomic E-state index is 13.4. The van der Waals surface area contributed by atoms with Crippen LogP contribution in [0.3, 0.4) is 0 Å². The van der Waals surface area contributed by atoms with Crippen LogP contribution in [0.2, 0.25) is 0 Å². The molecule has 3 rings (SSSR count). The molecule has 0 unspecified atom stereocenters. The van der Waals surface area contributed by atoms with Crippen molar-refractivity contribution in [2.45, 2.75) is 38.6 Å². The van der Waals surface area contributed by atoms with Gasteiger partial charge in [-0.3, -0.25) is 14.4 Å². The Morgan fingerprint density at radius 3 is 2.44 bits per heavy atom. The molecule has 2 heterocycles. The van der Waals surface area contributed by atoms with Gasteiger partial charge in [-0.05, 0) is 26.2 Å². The minimum absolute atomic E-state index is 0.00397. The van der Waals surface area contributed by atoms with Crippen LogP contribution in [-0.4, -0.2) is 106 Å². The maximum Gasteiger partial charge on any atom is 0.527 e. The van der Waals surface area contributed by atoms with Gasteiger partial charge in [-0.1, -0.05) is 30.3 Å². The average molecular weight is 573 g/mol. The monoisotopic (exact) mass is 572 g/mol. The molecule has 0 spiro atoms. The third-order valence-electron chi connectivity index (χ3n) is 6.15. The molecule has 0 aliphatic carbocycles. The molecule has 1 aromatic carbocycles. The van der Waals surface area contributed by atoms with Crippen LogP contribution in [-0.2, 0) is 19.2 Å². The van der Waals surface area contributed by atoms with E-state index in [-0.39, 0.29) is 57.9 Å². The van der Waals surface area contributed by atoms with E-state index in [9.17, 15) is 24.3 Å². The second-order valence-electron chi connectivity index (χ2n) is 9.17. The van der Waals surface area contributed by atoms with Gasteiger partial charge in [0.2, 0.25) is 5.91 Å². The first-order chi connectivity index (χ1) is 19.8. The fraction of sp³-hybridized carbons (Fsp3) is 0.481. The van der Waals surface area contributed by atoms with Crippen LogP contribution in [0, 0.1) is 0 Å². The van der Waals surface area contributed by atoms with Crippen LogP contribution in [0.5, 0.6) is 0 Å². The van der Waals surface area contributed by atoms with Crippen molar-refractivity contribution in [3.63, 3.8) is 0 Å². The molecule has 2 aromatic rings. The minimum atomic E-state index is -1.12. The summed E-state index contributed by atoms with van der Waals surface area (Å²) < 4.78 is 4.76. The zero-order chi connectivity index (χ0) is 29.6. The molecule has 1 saturated heterocycles. The molecular weight excluding hydrogens is 536 g/mol. The van der Waals surface area contributed by atoms with Crippen LogP contribution in [0.1, 0.15) is 43.1 Å². The van der Waals surface area contributed by atoms with Crippen LogP contribution in [0.4, 0.5) is 10.6 Å². The van der Waals surface area contributed by atoms with Gasteiger partial charge in [0.1, 0.15) is 17.6 Å². The van der Waals surface area contributed by atoms with Crippen molar-refractivity contribution in [1.29, 1.82) is 0 Å². The Labute approximate surface area is 237 Å². The van der Waals surface area contributed by atoms with E-state index < -0.39 is 30.0 Å². The van der Waals surface area contributed by atoms with E-state index in [4.69, 9.17) is 14.7 Å². The van der Waals surface area contributed by atoms with E-state index in [1.54, 1.807) is 19.1 Å². The van der Waals surface area contributed by atoms with Crippen LogP contribution >= 0.6 is 0 Å². The van der Waals surface area contributed by atoms with Gasteiger partial charge in [0.15, 0.2) is 5.82 Å². The van der Waals surface area contributed by atoms with E-state index in [1.165, 1.54) is 16.0 Å². The molecule has 14 nitrogen and oxygen atoms in total. The van der Waals surface area contributed by atoms with Gasteiger partial charge in [0.25, 0.3) is 5.91 Å². The van der Waals surface area contributed by atoms with Gasteiger partial charge >= 0.3 is 12.1 Å². The number of ether oxygens (including phenoxy) is 1. The standard InChI is InChI=1S/C27H36N6O8/c1-2-40-27(39)41-33-15-13-32(14-16-33)26(38)20(10-11-23(35)36)30-25(37)21-18-22(28-12-6-7-17-34)31-24(29-21)19-8-4-3-5-9-19/h3-5,8-9,18,20,34H,2,6-7,10-17H2,1H3,(H,30,37)(H,35,36)(H,28,29,31)/t20-/m0/s1. The number of anilines is 1. The highest BCUT2D eigenvalue weighted by molar-refractivity contribution is 5.97. The third kappa shape index (κ3) is 9.99. The van der Waals surface area contributed by atoms with Gasteiger partial charge in [0.05, 0.1) is 19.7 Å². The second kappa shape index (κ2) is 16.1. The lowest BCUT2D eigenvalue weighted by atomic mass is 10.1. The number of amides is 2. The highest BCUT2D eigenvalue weighted by atomic mass is 16.8. The fourth-order valence-corrected chi connectivity index (χ4v) is 4.05. The average Bonchev–Trinajstić information content (AvgIpc) is 2.97. The summed E-state index contributed by atoms with van der Waals surface area (Å²) >= 11 is 0. The Morgan fingerprint density at radius 1 is 1.05 bits per heavy atom. The predicted octanol–water partition coefficient (Wildman–Crippen LogP) is 1.52. The molecule has 1 aliphatic rings. The van der Waals surface area contributed by atoms with Crippen molar-refractivity contribution < 1.29 is 39.0 Å². The summed E-state index contributed by atoms with van der Waals surface area (Å²) in [5.74, 6) is -1.51. The number of carboxylic acids is 1. The van der Waals surface area contributed by atoms with Crippen LogP contribution in [0.25, 0.3) is 11.4 Å². The number of aliphatic hydroxyl groups is 1. The van der Waals surface area contributed by atoms with Crippen molar-refractivity contribution >= 4 is 29.8 Å². The number of rotatable bonds is 14. The summed E-state index contributed by atoms with van der Waals surface area (Å²) in [6.45, 7) is 3.25. The number of hydrogen-bond donors (Lipinski definition) is 4. The number of carboxylic acid groups (broad SMARTS) is 1. The molecular formula is C27H36N6O8. The van der Waals surface area contributed by atoms with Crippen molar-refractivity contribution in [1.82, 2.24) is 25.2 Å². The molecule has 0 radical (unpaired) electrons. The summed E-state index contributed by atoms with van der Waals surface area (Å²) in [5, 5.41) is 25.5. The number of unbranched alkanes of at least 4 members (excludes halogenated alkanes) is 1. The highest BCUT2D eigenvalue weighted by Crippen LogP contribution is 2.19. The summed E-state index contributed by atoms with van der Waals surface area (Å²) in [5.41, 5.74) is 0.686. The number of carbonyl (C=O) groups excluding carboxylic acids is 3. The fourth-order valence-electron chi connectivity index (χ4n) is 4.05. The molecule has 222 valence electrons. The number of aliphatic hydroxyl groups excluding tert-OH is 1. The highest BCUT2D eigenvalue weighted by Gasteiger charge is 2.31. The second-order valence-corrected chi connectivity index (χ2v) is 9.17. The number of nitrogens with zero attached hydrogens (tertiary/aromatic N) is 4. The first-order valence-electron chi connectivity index (χ1n) is 13.5. The lowest BCUT2D eigenvalue weighted by Crippen LogP contribution is -2.55. The number of carbonyl (C=O) groups is 4. The number of benzene rings is 1. The molecule has 1 aromatic heterocycles. The van der Waals surface area contributed by atoms with E-state index in [0.29, 0.717) is 36.6 Å². The van der Waals surface area contributed by atoms with Crippen LogP contribution in [0.15, 0.2) is 36.4 Å². The summed E-state index contributed by atoms with van der Waals surface area (Å²) in [6.07, 6.45) is 0.00255. The van der Waals surface area contributed by atoms with Crippen molar-refractivity contribution in [3.05, 3.63) is 42.1 Å². The smallest absolute Gasteiger partial charge is 0.481 e. The molecule has 4 N–H and O–H groups in total. The van der Waals surface area contributed by atoms with Gasteiger partial charge in [0, 0.05) is 44.3 Å². The van der Waals surface area contributed by atoms with Gasteiger partial charge in [-0.2, -0.15) is 0 Å². The zero-order valence-electron chi connectivity index (χ0n) is 23.0. The number of aliphatic carboxylic acids is 1. The summed E-state index contributed by atoms with van der Waals surface area (Å²) in [4.78, 5) is 65.1. The molecule has 0 bridgehead atoms. The van der Waals surface area contributed by atoms with Gasteiger partial charge < -0.3 is 35.3 Å². The normalized spacial score (nSPS) is 14.1. The van der Waals surface area contributed by atoms with Crippen LogP contribution < -0.4 is 10.6 Å². The molecule has 2 amide bonds. The van der Waals surface area contributed by atoms with E-state index >= 15 is 0 Å². The Morgan fingerprint density at radius 2 is 1.78 bits per heavy atom. The molecule has 1 fully saturated rings. The largest absolute Gasteiger partial charge is 0.527 e. The first-order valence-corrected chi connectivity index (χ1v) is 13.5. The lowest BCUT2D eigenvalue weighted by Gasteiger charge is -2.35. The number of nitrogens with one attached hydrogen (secondary N) is 2. The number of aromatic nitrogens is 2. The summed E-state index contributed by atoms with van der Waals surface area (Å²) in [7, 11) is 0. The Kier molecular flexibility index (Phi) is 12.3. The zero-order valence-corrected chi connectivity index (χ0v) is 23.0. The van der Waals surface area contributed by atoms with E-state index in [2.05, 4.69) is 20.6 Å². The molecule has 14 heteroatoms. The van der Waals surface area contributed by atoms with Gasteiger partial charge in [-0.25, -0.2) is 14.8 Å². The number of piperazine rings is 1. The first kappa shape index (κ1) is 31.2. The topological polar surface area (TPSA) is 184 Å². The Bertz CT molecular complexity index is 1170. The molecule has 1 aliphatic heterocycles. The Hall–Kier alpha value is -4.30. The number of hydrogen-bond acceptors (Lipinski definition) is 11. The molecule has 0 saturated carbocycles. The Balaban J connectivity index is 1.75. The van der Waals surface area contributed by atoms with Crippen molar-refractivity contribution in [2.24, 2.45) is 0 Å². The third-order valence-corrected chi connectivity index (χ3v) is 6.15. The van der Waals surface area contributed by atoms with Gasteiger partial charge in [-0.15, -0.1) is 5.06 Å². The summed E-state index contributed by atoms with van der Waals surface area (Å²) in [6, 6.07) is 9.43. The van der Waals surface area contributed by atoms with Crippen molar-refractivity contribution in [2.75, 3.05) is 51.3 Å². The maximum absolute atomic E-state index is 13.4. The van der Waals surface area contributed by atoms with Crippen molar-refractivity contribution in [3.8, 4) is 11.4 Å². The van der Waals surface area contributed by atoms with E-state index in [1.807, 2.05) is 18.2 Å². The molecule has 1 atom stereocenters. The molecule has 41 heavy (non-hydrogen) atoms. The number of hydroxylamine groups is 2. The minimum Gasteiger partial charge on any atom is -0.481 e. The predicted molar refractivity (Wildman–Crippen MR) is 147 cm³/mol. The quantitative estimate of drug-likeness (QED) is 0.189. The lowest BCUT2D eigenvalue weighted by molar-refractivity contribution is -0.157. The van der Waals surface area contributed by atoms with E-state index in [0.717, 1.165) is 0 Å².